The number of unbranched alkanes of at least 4 members (excludes halogenated alkanes) is 1. The second-order valence-electron chi connectivity index (χ2n) is 9.45. The minimum Gasteiger partial charge on any atom is -0.0768 e. The van der Waals surface area contributed by atoms with Crippen LogP contribution in [0.25, 0.3) is 5.57 Å². The largest absolute Gasteiger partial charge is 0.0768 e. The normalized spacial score (nSPS) is 21.9. The predicted molar refractivity (Wildman–Crippen MR) is 116 cm³/mol. The number of benzene rings is 1. The van der Waals surface area contributed by atoms with E-state index in [1.54, 1.807) is 0 Å². The molecule has 0 N–H and O–H groups in total. The first-order valence-corrected chi connectivity index (χ1v) is 9.95. The van der Waals surface area contributed by atoms with Gasteiger partial charge in [-0.2, -0.15) is 0 Å². The average Bonchev–Trinajstić information content (AvgIpc) is 3.17. The third-order valence-electron chi connectivity index (χ3n) is 6.12. The quantitative estimate of drug-likeness (QED) is 0.498. The number of allylic oxidation sites excluding steroid dienone is 6. The molecule has 1 aromatic rings. The van der Waals surface area contributed by atoms with Gasteiger partial charge < -0.3 is 0 Å². The first-order valence-electron chi connectivity index (χ1n) is 9.95. The van der Waals surface area contributed by atoms with E-state index < -0.39 is 0 Å². The second kappa shape index (κ2) is 7.96. The van der Waals surface area contributed by atoms with Gasteiger partial charge in [-0.15, -0.1) is 0 Å². The molecular formula is C25H34Li. The van der Waals surface area contributed by atoms with Crippen LogP contribution in [0.15, 0.2) is 54.1 Å². The van der Waals surface area contributed by atoms with E-state index in [0.717, 1.165) is 0 Å². The van der Waals surface area contributed by atoms with Gasteiger partial charge >= 0.3 is 0 Å². The molecule has 0 fully saturated rings. The molecular weight excluding hydrogens is 307 g/mol. The summed E-state index contributed by atoms with van der Waals surface area (Å²) in [5, 5.41) is 0. The summed E-state index contributed by atoms with van der Waals surface area (Å²) in [7, 11) is 0. The van der Waals surface area contributed by atoms with Crippen LogP contribution in [-0.2, 0) is 0 Å². The van der Waals surface area contributed by atoms with E-state index in [1.807, 2.05) is 0 Å². The molecule has 0 saturated carbocycles. The monoisotopic (exact) mass is 341 g/mol. The van der Waals surface area contributed by atoms with Gasteiger partial charge in [-0.1, -0.05) is 102 Å². The molecule has 0 heterocycles. The Kier molecular flexibility index (Phi) is 6.53. The molecule has 0 amide bonds. The number of fused-ring (bicyclic) bond motifs is 1. The van der Waals surface area contributed by atoms with Crippen molar-refractivity contribution in [1.82, 2.24) is 0 Å². The number of rotatable bonds is 5. The maximum Gasteiger partial charge on any atom is 0.00900 e. The smallest absolute Gasteiger partial charge is 0.00900 e. The van der Waals surface area contributed by atoms with Crippen molar-refractivity contribution in [3.63, 3.8) is 0 Å². The molecule has 1 heteroatoms. The van der Waals surface area contributed by atoms with Gasteiger partial charge in [0.1, 0.15) is 0 Å². The van der Waals surface area contributed by atoms with Crippen molar-refractivity contribution in [3.05, 3.63) is 65.3 Å². The molecule has 2 unspecified atom stereocenters. The van der Waals surface area contributed by atoms with Crippen molar-refractivity contribution in [2.24, 2.45) is 16.7 Å². The molecule has 0 aromatic heterocycles. The molecule has 0 bridgehead atoms. The summed E-state index contributed by atoms with van der Waals surface area (Å²) in [6, 6.07) is 9.05. The minimum atomic E-state index is 0. The SMILES string of the molecule is CCCCC1=CC(C(C)(C)C2C=C(C(C)(C)C)c3ccccc32)C=C1.[Li]. The Hall–Kier alpha value is -0.963. The standard InChI is InChI=1S/C25H34.Li/c1-7-8-11-18-14-15-19(16-18)25(5,6)23-17-22(24(2,3)4)20-12-9-10-13-21(20)23;/h9-10,12-17,19,23H,7-8,11H2,1-6H3;. The second-order valence-corrected chi connectivity index (χ2v) is 9.45. The van der Waals surface area contributed by atoms with Crippen molar-refractivity contribution < 1.29 is 0 Å². The summed E-state index contributed by atoms with van der Waals surface area (Å²) in [6.45, 7) is 14.2. The summed E-state index contributed by atoms with van der Waals surface area (Å²) in [5.74, 6) is 1.00. The zero-order valence-corrected chi connectivity index (χ0v) is 17.9. The first kappa shape index (κ1) is 21.3. The van der Waals surface area contributed by atoms with Gasteiger partial charge in [0.15, 0.2) is 0 Å². The zero-order chi connectivity index (χ0) is 18.2. The van der Waals surface area contributed by atoms with E-state index in [9.17, 15) is 0 Å². The van der Waals surface area contributed by atoms with E-state index >= 15 is 0 Å². The van der Waals surface area contributed by atoms with E-state index in [4.69, 9.17) is 0 Å². The van der Waals surface area contributed by atoms with Gasteiger partial charge in [0.2, 0.25) is 0 Å². The van der Waals surface area contributed by atoms with Gasteiger partial charge in [-0.3, -0.25) is 0 Å². The molecule has 135 valence electrons. The Morgan fingerprint density at radius 3 is 2.31 bits per heavy atom. The molecule has 2 aliphatic carbocycles. The van der Waals surface area contributed by atoms with Crippen LogP contribution in [0.2, 0.25) is 0 Å². The van der Waals surface area contributed by atoms with Crippen molar-refractivity contribution in [2.45, 2.75) is 66.7 Å². The van der Waals surface area contributed by atoms with E-state index in [1.165, 1.54) is 41.5 Å². The van der Waals surface area contributed by atoms with Gasteiger partial charge in [-0.25, -0.2) is 0 Å². The number of hydrogen-bond acceptors (Lipinski definition) is 0. The summed E-state index contributed by atoms with van der Waals surface area (Å²) < 4.78 is 0. The van der Waals surface area contributed by atoms with Crippen LogP contribution in [-0.4, -0.2) is 18.9 Å². The Labute approximate surface area is 173 Å². The minimum absolute atomic E-state index is 0. The molecule has 0 saturated heterocycles. The number of hydrogen-bond donors (Lipinski definition) is 0. The molecule has 1 radical (unpaired) electrons. The van der Waals surface area contributed by atoms with Crippen LogP contribution < -0.4 is 0 Å². The third-order valence-corrected chi connectivity index (χ3v) is 6.12. The molecule has 2 aliphatic rings. The van der Waals surface area contributed by atoms with Gasteiger partial charge in [0.05, 0.1) is 0 Å². The third kappa shape index (κ3) is 3.98. The Morgan fingerprint density at radius 2 is 1.65 bits per heavy atom. The Morgan fingerprint density at radius 1 is 0.962 bits per heavy atom. The van der Waals surface area contributed by atoms with Crippen molar-refractivity contribution >= 4 is 24.4 Å². The van der Waals surface area contributed by atoms with Gasteiger partial charge in [0.25, 0.3) is 0 Å². The molecule has 2 atom stereocenters. The van der Waals surface area contributed by atoms with Crippen LogP contribution in [0, 0.1) is 16.7 Å². The zero-order valence-electron chi connectivity index (χ0n) is 17.9. The van der Waals surface area contributed by atoms with E-state index in [-0.39, 0.29) is 29.7 Å². The average molecular weight is 341 g/mol. The van der Waals surface area contributed by atoms with Crippen LogP contribution in [0.5, 0.6) is 0 Å². The van der Waals surface area contributed by atoms with Gasteiger partial charge in [-0.05, 0) is 40.4 Å². The van der Waals surface area contributed by atoms with Crippen LogP contribution in [0.4, 0.5) is 0 Å². The molecule has 0 spiro atoms. The molecule has 26 heavy (non-hydrogen) atoms. The Bertz CT molecular complexity index is 725. The molecule has 0 nitrogen and oxygen atoms in total. The van der Waals surface area contributed by atoms with Crippen LogP contribution in [0.3, 0.4) is 0 Å². The summed E-state index contributed by atoms with van der Waals surface area (Å²) >= 11 is 0. The fourth-order valence-corrected chi connectivity index (χ4v) is 4.42. The molecule has 0 aliphatic heterocycles. The van der Waals surface area contributed by atoms with Crippen molar-refractivity contribution in [3.8, 4) is 0 Å². The maximum atomic E-state index is 2.57. The summed E-state index contributed by atoms with van der Waals surface area (Å²) in [5.41, 5.74) is 6.40. The fraction of sp³-hybridized carbons (Fsp3) is 0.520. The Balaban J connectivity index is 0.00000243. The summed E-state index contributed by atoms with van der Waals surface area (Å²) in [6.07, 6.45) is 13.7. The maximum absolute atomic E-state index is 2.57. The first-order chi connectivity index (χ1) is 11.7. The van der Waals surface area contributed by atoms with E-state index in [2.05, 4.69) is 90.1 Å². The predicted octanol–water partition coefficient (Wildman–Crippen LogP) is 7.16. The van der Waals surface area contributed by atoms with Gasteiger partial charge in [0, 0.05) is 30.7 Å². The van der Waals surface area contributed by atoms with Crippen LogP contribution >= 0.6 is 0 Å². The van der Waals surface area contributed by atoms with Crippen molar-refractivity contribution in [1.29, 1.82) is 0 Å². The van der Waals surface area contributed by atoms with Crippen LogP contribution in [0.1, 0.15) is 77.8 Å². The van der Waals surface area contributed by atoms with E-state index in [0.29, 0.717) is 11.8 Å². The molecule has 1 aromatic carbocycles. The fourth-order valence-electron chi connectivity index (χ4n) is 4.42. The molecule has 3 rings (SSSR count). The summed E-state index contributed by atoms with van der Waals surface area (Å²) in [4.78, 5) is 0. The topological polar surface area (TPSA) is 0 Å². The van der Waals surface area contributed by atoms with Crippen molar-refractivity contribution in [2.75, 3.05) is 0 Å².